The number of carbonyl (C=O) groups excluding carboxylic acids is 2. The van der Waals surface area contributed by atoms with Crippen molar-refractivity contribution in [1.82, 2.24) is 15.2 Å². The number of nitrogens with one attached hydrogen (secondary N) is 2. The molecule has 2 amide bonds. The second-order valence-corrected chi connectivity index (χ2v) is 4.80. The first kappa shape index (κ1) is 11.8. The Kier molecular flexibility index (Phi) is 2.74. The van der Waals surface area contributed by atoms with Gasteiger partial charge in [-0.1, -0.05) is 18.2 Å². The highest BCUT2D eigenvalue weighted by molar-refractivity contribution is 5.95. The average molecular weight is 257 g/mol. The second kappa shape index (κ2) is 4.42. The van der Waals surface area contributed by atoms with Crippen LogP contribution in [-0.2, 0) is 16.0 Å². The molecule has 2 N–H and O–H groups in total. The number of aromatic nitrogens is 1. The summed E-state index contributed by atoms with van der Waals surface area (Å²) >= 11 is 0. The normalized spacial score (nSPS) is 19.8. The van der Waals surface area contributed by atoms with Gasteiger partial charge in [-0.3, -0.25) is 9.59 Å². The molecule has 2 heterocycles. The van der Waals surface area contributed by atoms with E-state index in [9.17, 15) is 9.59 Å². The Bertz CT molecular complexity index is 647. The summed E-state index contributed by atoms with van der Waals surface area (Å²) in [6.45, 7) is 0.0969. The maximum Gasteiger partial charge on any atom is 0.243 e. The summed E-state index contributed by atoms with van der Waals surface area (Å²) in [7, 11) is 1.68. The number of likely N-dealkylation sites (N-methyl/N-ethyl adjacent to an activating group) is 1. The standard InChI is InChI=1S/C14H15N3O2/c1-17-12(14(19)16-8-13(17)18)6-9-7-15-11-5-3-2-4-10(9)11/h2-5,7,12,15H,6,8H2,1H3,(H,16,19)/t12-/m0/s1. The first-order valence-corrected chi connectivity index (χ1v) is 6.25. The molecule has 0 aliphatic carbocycles. The van der Waals surface area contributed by atoms with Gasteiger partial charge < -0.3 is 15.2 Å². The summed E-state index contributed by atoms with van der Waals surface area (Å²) in [5.74, 6) is -0.142. The molecule has 19 heavy (non-hydrogen) atoms. The van der Waals surface area contributed by atoms with Gasteiger partial charge in [-0.25, -0.2) is 0 Å². The monoisotopic (exact) mass is 257 g/mol. The number of rotatable bonds is 2. The van der Waals surface area contributed by atoms with Crippen molar-refractivity contribution in [3.63, 3.8) is 0 Å². The second-order valence-electron chi connectivity index (χ2n) is 4.80. The van der Waals surface area contributed by atoms with Crippen LogP contribution in [0.5, 0.6) is 0 Å². The molecule has 0 spiro atoms. The first-order valence-electron chi connectivity index (χ1n) is 6.25. The Morgan fingerprint density at radius 2 is 2.11 bits per heavy atom. The van der Waals surface area contributed by atoms with Crippen LogP contribution in [0, 0.1) is 0 Å². The van der Waals surface area contributed by atoms with E-state index in [0.29, 0.717) is 6.42 Å². The molecule has 1 aromatic carbocycles. The Labute approximate surface area is 110 Å². The lowest BCUT2D eigenvalue weighted by molar-refractivity contribution is -0.143. The van der Waals surface area contributed by atoms with E-state index in [0.717, 1.165) is 16.5 Å². The molecule has 1 aliphatic rings. The van der Waals surface area contributed by atoms with Crippen molar-refractivity contribution in [3.8, 4) is 0 Å². The molecule has 0 bridgehead atoms. The van der Waals surface area contributed by atoms with Gasteiger partial charge in [-0.05, 0) is 11.6 Å². The van der Waals surface area contributed by atoms with Crippen LogP contribution < -0.4 is 5.32 Å². The van der Waals surface area contributed by atoms with Crippen LogP contribution >= 0.6 is 0 Å². The molecule has 3 rings (SSSR count). The summed E-state index contributed by atoms with van der Waals surface area (Å²) in [4.78, 5) is 28.3. The van der Waals surface area contributed by atoms with Crippen molar-refractivity contribution in [2.24, 2.45) is 0 Å². The molecule has 5 heteroatoms. The highest BCUT2D eigenvalue weighted by atomic mass is 16.2. The maximum absolute atomic E-state index is 11.9. The van der Waals surface area contributed by atoms with Gasteiger partial charge in [0.15, 0.2) is 0 Å². The fourth-order valence-corrected chi connectivity index (χ4v) is 2.49. The Morgan fingerprint density at radius 3 is 2.95 bits per heavy atom. The molecule has 1 atom stereocenters. The van der Waals surface area contributed by atoms with Crippen LogP contribution in [0.3, 0.4) is 0 Å². The predicted molar refractivity (Wildman–Crippen MR) is 71.6 cm³/mol. The Morgan fingerprint density at radius 1 is 1.32 bits per heavy atom. The third kappa shape index (κ3) is 1.97. The van der Waals surface area contributed by atoms with Crippen LogP contribution in [0.1, 0.15) is 5.56 Å². The number of piperazine rings is 1. The number of hydrogen-bond acceptors (Lipinski definition) is 2. The number of nitrogens with zero attached hydrogens (tertiary/aromatic N) is 1. The molecule has 1 aliphatic heterocycles. The molecule has 1 aromatic heterocycles. The number of H-pyrrole nitrogens is 1. The van der Waals surface area contributed by atoms with Crippen molar-refractivity contribution < 1.29 is 9.59 Å². The number of fused-ring (bicyclic) bond motifs is 1. The minimum Gasteiger partial charge on any atom is -0.361 e. The van der Waals surface area contributed by atoms with Crippen LogP contribution in [0.25, 0.3) is 10.9 Å². The summed E-state index contributed by atoms with van der Waals surface area (Å²) in [6.07, 6.45) is 2.43. The van der Waals surface area contributed by atoms with E-state index < -0.39 is 6.04 Å². The SMILES string of the molecule is CN1C(=O)CNC(=O)[C@@H]1Cc1c[nH]c2ccccc12. The van der Waals surface area contributed by atoms with E-state index in [1.54, 1.807) is 7.05 Å². The van der Waals surface area contributed by atoms with Crippen LogP contribution in [0.2, 0.25) is 0 Å². The zero-order chi connectivity index (χ0) is 13.4. The fraction of sp³-hybridized carbons (Fsp3) is 0.286. The van der Waals surface area contributed by atoms with Crippen molar-refractivity contribution in [3.05, 3.63) is 36.0 Å². The minimum atomic E-state index is -0.430. The van der Waals surface area contributed by atoms with Crippen LogP contribution in [0.15, 0.2) is 30.5 Å². The largest absolute Gasteiger partial charge is 0.361 e. The van der Waals surface area contributed by atoms with E-state index in [1.165, 1.54) is 4.90 Å². The summed E-state index contributed by atoms with van der Waals surface area (Å²) in [6, 6.07) is 7.51. The maximum atomic E-state index is 11.9. The van der Waals surface area contributed by atoms with Gasteiger partial charge in [0.1, 0.15) is 6.04 Å². The van der Waals surface area contributed by atoms with Crippen LogP contribution in [0.4, 0.5) is 0 Å². The molecule has 98 valence electrons. The third-order valence-electron chi connectivity index (χ3n) is 3.67. The number of amides is 2. The summed E-state index contributed by atoms with van der Waals surface area (Å²) in [5.41, 5.74) is 2.10. The van der Waals surface area contributed by atoms with E-state index in [4.69, 9.17) is 0 Å². The lowest BCUT2D eigenvalue weighted by atomic mass is 10.0. The molecule has 5 nitrogen and oxygen atoms in total. The van der Waals surface area contributed by atoms with Crippen LogP contribution in [-0.4, -0.2) is 41.3 Å². The van der Waals surface area contributed by atoms with Crippen molar-refractivity contribution in [2.75, 3.05) is 13.6 Å². The molecule has 0 radical (unpaired) electrons. The number of carbonyl (C=O) groups is 2. The fourth-order valence-electron chi connectivity index (χ4n) is 2.49. The van der Waals surface area contributed by atoms with E-state index >= 15 is 0 Å². The highest BCUT2D eigenvalue weighted by Gasteiger charge is 2.32. The van der Waals surface area contributed by atoms with Gasteiger partial charge in [0.05, 0.1) is 6.54 Å². The molecule has 2 aromatic rings. The van der Waals surface area contributed by atoms with Gasteiger partial charge in [0.25, 0.3) is 0 Å². The third-order valence-corrected chi connectivity index (χ3v) is 3.67. The van der Waals surface area contributed by atoms with Gasteiger partial charge in [-0.2, -0.15) is 0 Å². The Hall–Kier alpha value is -2.30. The molecular formula is C14H15N3O2. The van der Waals surface area contributed by atoms with Gasteiger partial charge in [0, 0.05) is 30.6 Å². The number of para-hydroxylation sites is 1. The molecular weight excluding hydrogens is 242 g/mol. The first-order chi connectivity index (χ1) is 9.16. The minimum absolute atomic E-state index is 0.0514. The molecule has 0 saturated carbocycles. The summed E-state index contributed by atoms with van der Waals surface area (Å²) < 4.78 is 0. The zero-order valence-electron chi connectivity index (χ0n) is 10.6. The lowest BCUT2D eigenvalue weighted by Crippen LogP contribution is -2.57. The van der Waals surface area contributed by atoms with Crippen molar-refractivity contribution >= 4 is 22.7 Å². The lowest BCUT2D eigenvalue weighted by Gasteiger charge is -2.31. The predicted octanol–water partition coefficient (Wildman–Crippen LogP) is 0.667. The highest BCUT2D eigenvalue weighted by Crippen LogP contribution is 2.21. The summed E-state index contributed by atoms with van der Waals surface area (Å²) in [5, 5.41) is 3.73. The number of aromatic amines is 1. The quantitative estimate of drug-likeness (QED) is 0.830. The van der Waals surface area contributed by atoms with Crippen molar-refractivity contribution in [2.45, 2.75) is 12.5 Å². The van der Waals surface area contributed by atoms with E-state index in [-0.39, 0.29) is 18.4 Å². The molecule has 1 fully saturated rings. The smallest absolute Gasteiger partial charge is 0.243 e. The molecule has 1 saturated heterocycles. The average Bonchev–Trinajstić information content (AvgIpc) is 2.83. The Balaban J connectivity index is 1.91. The number of benzene rings is 1. The van der Waals surface area contributed by atoms with Gasteiger partial charge in [0.2, 0.25) is 11.8 Å². The van der Waals surface area contributed by atoms with Crippen molar-refractivity contribution in [1.29, 1.82) is 0 Å². The molecule has 0 unspecified atom stereocenters. The zero-order valence-corrected chi connectivity index (χ0v) is 10.6. The van der Waals surface area contributed by atoms with E-state index in [1.807, 2.05) is 30.5 Å². The van der Waals surface area contributed by atoms with E-state index in [2.05, 4.69) is 10.3 Å². The number of hydrogen-bond donors (Lipinski definition) is 2. The topological polar surface area (TPSA) is 65.2 Å². The van der Waals surface area contributed by atoms with Gasteiger partial charge in [-0.15, -0.1) is 0 Å². The van der Waals surface area contributed by atoms with Gasteiger partial charge >= 0.3 is 0 Å².